The molecule has 3 nitrogen and oxygen atoms in total. The molecule has 0 spiro atoms. The minimum Gasteiger partial charge on any atom is -0.383 e. The van der Waals surface area contributed by atoms with E-state index in [1.807, 2.05) is 24.3 Å². The molecule has 0 bridgehead atoms. The summed E-state index contributed by atoms with van der Waals surface area (Å²) in [6, 6.07) is 9.25. The number of carbonyl (C=O) groups is 1. The first kappa shape index (κ1) is 12.7. The average Bonchev–Trinajstić information content (AvgIpc) is 2.84. The summed E-state index contributed by atoms with van der Waals surface area (Å²) in [7, 11) is 0. The number of aliphatic hydroxyl groups is 1. The lowest BCUT2D eigenvalue weighted by molar-refractivity contribution is -0.116. The van der Waals surface area contributed by atoms with Crippen molar-refractivity contribution < 1.29 is 9.90 Å². The molecule has 2 aromatic rings. The van der Waals surface area contributed by atoms with Crippen molar-refractivity contribution in [3.63, 3.8) is 0 Å². The lowest BCUT2D eigenvalue weighted by atomic mass is 9.98. The third-order valence-electron chi connectivity index (χ3n) is 3.20. The van der Waals surface area contributed by atoms with Crippen LogP contribution >= 0.6 is 22.9 Å². The molecule has 1 aromatic heterocycles. The van der Waals surface area contributed by atoms with Gasteiger partial charge >= 0.3 is 0 Å². The zero-order valence-corrected chi connectivity index (χ0v) is 11.6. The van der Waals surface area contributed by atoms with E-state index in [-0.39, 0.29) is 5.91 Å². The Morgan fingerprint density at radius 1 is 1.26 bits per heavy atom. The molecule has 1 aliphatic heterocycles. The smallest absolute Gasteiger partial charge is 0.224 e. The highest BCUT2D eigenvalue weighted by Crippen LogP contribution is 2.33. The largest absolute Gasteiger partial charge is 0.383 e. The topological polar surface area (TPSA) is 49.3 Å². The summed E-state index contributed by atoms with van der Waals surface area (Å²) in [5.74, 6) is 0.0471. The van der Waals surface area contributed by atoms with Gasteiger partial charge in [-0.05, 0) is 35.7 Å². The number of hydrogen-bond acceptors (Lipinski definition) is 3. The number of aliphatic hydroxyl groups excluding tert-OH is 1. The van der Waals surface area contributed by atoms with E-state index in [0.29, 0.717) is 17.2 Å². The van der Waals surface area contributed by atoms with Crippen molar-refractivity contribution in [1.29, 1.82) is 0 Å². The summed E-state index contributed by atoms with van der Waals surface area (Å²) in [5, 5.41) is 13.2. The van der Waals surface area contributed by atoms with E-state index in [4.69, 9.17) is 11.6 Å². The quantitative estimate of drug-likeness (QED) is 0.892. The van der Waals surface area contributed by atoms with Gasteiger partial charge < -0.3 is 10.4 Å². The van der Waals surface area contributed by atoms with Crippen LogP contribution in [-0.2, 0) is 11.2 Å². The second-order valence-corrected chi connectivity index (χ2v) is 6.26. The van der Waals surface area contributed by atoms with Gasteiger partial charge in [0.2, 0.25) is 5.91 Å². The van der Waals surface area contributed by atoms with E-state index in [2.05, 4.69) is 5.32 Å². The number of fused-ring (bicyclic) bond motifs is 1. The second kappa shape index (κ2) is 4.96. The van der Waals surface area contributed by atoms with Crippen LogP contribution in [0.4, 0.5) is 5.69 Å². The van der Waals surface area contributed by atoms with Crippen molar-refractivity contribution in [3.05, 3.63) is 50.7 Å². The summed E-state index contributed by atoms with van der Waals surface area (Å²) in [6.07, 6.45) is 0.546. The molecule has 19 heavy (non-hydrogen) atoms. The molecule has 1 amide bonds. The number of carbonyl (C=O) groups excluding carboxylic acids is 1. The molecular formula is C14H12ClNO2S. The minimum atomic E-state index is -0.666. The summed E-state index contributed by atoms with van der Waals surface area (Å²) in [4.78, 5) is 12.1. The van der Waals surface area contributed by atoms with Gasteiger partial charge in [0.15, 0.2) is 0 Å². The maximum atomic E-state index is 11.3. The van der Waals surface area contributed by atoms with Crippen molar-refractivity contribution in [2.75, 3.05) is 5.32 Å². The summed E-state index contributed by atoms with van der Waals surface area (Å²) in [5.41, 5.74) is 2.74. The summed E-state index contributed by atoms with van der Waals surface area (Å²) < 4.78 is 0.666. The first-order chi connectivity index (χ1) is 9.13. The molecule has 0 saturated carbocycles. The van der Waals surface area contributed by atoms with Gasteiger partial charge in [-0.3, -0.25) is 4.79 Å². The Labute approximate surface area is 119 Å². The van der Waals surface area contributed by atoms with Gasteiger partial charge in [0.1, 0.15) is 6.10 Å². The van der Waals surface area contributed by atoms with Crippen molar-refractivity contribution in [2.45, 2.75) is 18.9 Å². The average molecular weight is 294 g/mol. The molecule has 0 fully saturated rings. The summed E-state index contributed by atoms with van der Waals surface area (Å²) >= 11 is 7.26. The van der Waals surface area contributed by atoms with Crippen LogP contribution in [-0.4, -0.2) is 11.0 Å². The van der Waals surface area contributed by atoms with Crippen LogP contribution in [0.3, 0.4) is 0 Å². The molecule has 0 aliphatic carbocycles. The SMILES string of the molecule is O=C1CCc2cc(C(O)c3ccc(Cl)s3)ccc2N1. The first-order valence-corrected chi connectivity index (χ1v) is 7.19. The highest BCUT2D eigenvalue weighted by atomic mass is 35.5. The van der Waals surface area contributed by atoms with Crippen LogP contribution in [0.5, 0.6) is 0 Å². The van der Waals surface area contributed by atoms with Crippen LogP contribution in [0, 0.1) is 0 Å². The predicted octanol–water partition coefficient (Wildman–Crippen LogP) is 3.37. The van der Waals surface area contributed by atoms with Gasteiger partial charge in [-0.1, -0.05) is 23.7 Å². The molecule has 3 rings (SSSR count). The predicted molar refractivity (Wildman–Crippen MR) is 76.8 cm³/mol. The maximum Gasteiger partial charge on any atom is 0.224 e. The van der Waals surface area contributed by atoms with Crippen LogP contribution in [0.25, 0.3) is 0 Å². The number of rotatable bonds is 2. The van der Waals surface area contributed by atoms with Crippen molar-refractivity contribution in [2.24, 2.45) is 0 Å². The molecule has 2 heterocycles. The van der Waals surface area contributed by atoms with Gasteiger partial charge in [-0.2, -0.15) is 0 Å². The third-order valence-corrected chi connectivity index (χ3v) is 4.49. The molecular weight excluding hydrogens is 282 g/mol. The van der Waals surface area contributed by atoms with Gasteiger partial charge in [-0.25, -0.2) is 0 Å². The number of thiophene rings is 1. The maximum absolute atomic E-state index is 11.3. The number of benzene rings is 1. The van der Waals surface area contributed by atoms with Crippen LogP contribution < -0.4 is 5.32 Å². The van der Waals surface area contributed by atoms with E-state index >= 15 is 0 Å². The molecule has 5 heteroatoms. The number of amides is 1. The first-order valence-electron chi connectivity index (χ1n) is 5.99. The Bertz CT molecular complexity index is 638. The third kappa shape index (κ3) is 2.52. The van der Waals surface area contributed by atoms with E-state index in [9.17, 15) is 9.90 Å². The molecule has 0 radical (unpaired) electrons. The molecule has 1 aromatic carbocycles. The van der Waals surface area contributed by atoms with Crippen LogP contribution in [0.2, 0.25) is 4.34 Å². The van der Waals surface area contributed by atoms with Gasteiger partial charge in [0.05, 0.1) is 4.34 Å². The fraction of sp³-hybridized carbons (Fsp3) is 0.214. The number of aryl methyl sites for hydroxylation is 1. The Kier molecular flexibility index (Phi) is 3.31. The Morgan fingerprint density at radius 2 is 2.11 bits per heavy atom. The van der Waals surface area contributed by atoms with E-state index in [1.54, 1.807) is 6.07 Å². The monoisotopic (exact) mass is 293 g/mol. The highest BCUT2D eigenvalue weighted by Gasteiger charge is 2.18. The fourth-order valence-electron chi connectivity index (χ4n) is 2.21. The van der Waals surface area contributed by atoms with Gasteiger partial charge in [0.25, 0.3) is 0 Å². The normalized spacial score (nSPS) is 15.8. The molecule has 1 aliphatic rings. The van der Waals surface area contributed by atoms with Gasteiger partial charge in [-0.15, -0.1) is 11.3 Å². The number of hydrogen-bond donors (Lipinski definition) is 2. The summed E-state index contributed by atoms with van der Waals surface area (Å²) in [6.45, 7) is 0. The zero-order valence-electron chi connectivity index (χ0n) is 10.0. The van der Waals surface area contributed by atoms with Crippen LogP contribution in [0.15, 0.2) is 30.3 Å². The van der Waals surface area contributed by atoms with E-state index in [0.717, 1.165) is 21.7 Å². The molecule has 1 atom stereocenters. The van der Waals surface area contributed by atoms with Crippen LogP contribution in [0.1, 0.15) is 28.5 Å². The van der Waals surface area contributed by atoms with E-state index in [1.165, 1.54) is 11.3 Å². The zero-order chi connectivity index (χ0) is 13.4. The van der Waals surface area contributed by atoms with E-state index < -0.39 is 6.10 Å². The van der Waals surface area contributed by atoms with Gasteiger partial charge in [0, 0.05) is 17.0 Å². The molecule has 2 N–H and O–H groups in total. The lowest BCUT2D eigenvalue weighted by Gasteiger charge is -2.19. The number of halogens is 1. The Morgan fingerprint density at radius 3 is 2.84 bits per heavy atom. The number of anilines is 1. The molecule has 1 unspecified atom stereocenters. The second-order valence-electron chi connectivity index (χ2n) is 4.51. The minimum absolute atomic E-state index is 0.0471. The lowest BCUT2D eigenvalue weighted by Crippen LogP contribution is -2.19. The Balaban J connectivity index is 1.92. The van der Waals surface area contributed by atoms with Crippen molar-refractivity contribution in [1.82, 2.24) is 0 Å². The number of nitrogens with one attached hydrogen (secondary N) is 1. The highest BCUT2D eigenvalue weighted by molar-refractivity contribution is 7.16. The standard InChI is InChI=1S/C14H12ClNO2S/c15-12-5-4-11(19-12)14(18)9-1-3-10-8(7-9)2-6-13(17)16-10/h1,3-5,7,14,18H,2,6H2,(H,16,17). The fourth-order valence-corrected chi connectivity index (χ4v) is 3.29. The van der Waals surface area contributed by atoms with Crippen molar-refractivity contribution in [3.8, 4) is 0 Å². The molecule has 0 saturated heterocycles. The Hall–Kier alpha value is -1.36. The molecule has 98 valence electrons. The van der Waals surface area contributed by atoms with Crippen molar-refractivity contribution >= 4 is 34.5 Å².